The quantitative estimate of drug-likeness (QED) is 0.224. The van der Waals surface area contributed by atoms with Crippen molar-refractivity contribution in [2.45, 2.75) is 88.9 Å². The third-order valence-electron chi connectivity index (χ3n) is 4.27. The smallest absolute Gasteiger partial charge is 0.296 e. The van der Waals surface area contributed by atoms with Crippen molar-refractivity contribution in [3.8, 4) is 0 Å². The van der Waals surface area contributed by atoms with Crippen LogP contribution in [0, 0.1) is 0 Å². The minimum atomic E-state index is -3.57. The molecule has 0 fully saturated rings. The standard InChI is InChI=1S/C20H34O3S.H2O3S/c1-2-3-4-5-6-7-8-9-10-11-12-16-19-23-24(21,22)20-17-14-13-15-18-20;1-4(2)3/h13-15,17-18H,2-12,16,19H2,1H3;(H2,1,2,3)/p-1. The molecule has 1 aromatic carbocycles. The van der Waals surface area contributed by atoms with Gasteiger partial charge in [0.1, 0.15) is 0 Å². The monoisotopic (exact) mass is 435 g/mol. The molecule has 0 spiro atoms. The minimum Gasteiger partial charge on any atom is -0.750 e. The van der Waals surface area contributed by atoms with Crippen LogP contribution in [-0.2, 0) is 25.7 Å². The fraction of sp³-hybridized carbons (Fsp3) is 0.700. The van der Waals surface area contributed by atoms with E-state index in [1.54, 1.807) is 30.3 Å². The number of hydrogen-bond donors (Lipinski definition) is 1. The zero-order valence-corrected chi connectivity index (χ0v) is 18.5. The predicted octanol–water partition coefficient (Wildman–Crippen LogP) is 5.43. The van der Waals surface area contributed by atoms with Crippen LogP contribution in [0.2, 0.25) is 0 Å². The van der Waals surface area contributed by atoms with Gasteiger partial charge in [-0.15, -0.1) is 0 Å². The van der Waals surface area contributed by atoms with E-state index in [4.69, 9.17) is 17.5 Å². The molecule has 0 aliphatic heterocycles. The second-order valence-corrected chi connectivity index (χ2v) is 8.74. The van der Waals surface area contributed by atoms with E-state index in [2.05, 4.69) is 6.92 Å². The lowest BCUT2D eigenvalue weighted by atomic mass is 10.1. The molecule has 0 saturated heterocycles. The summed E-state index contributed by atoms with van der Waals surface area (Å²) < 4.78 is 53.0. The Morgan fingerprint density at radius 2 is 1.25 bits per heavy atom. The molecule has 0 saturated carbocycles. The van der Waals surface area contributed by atoms with Crippen molar-refractivity contribution < 1.29 is 25.9 Å². The SMILES string of the molecule is CCCCCCCCCCCCCCOS(=O)(=O)c1ccccc1.O=S([O-])O. The van der Waals surface area contributed by atoms with Crippen molar-refractivity contribution in [3.05, 3.63) is 30.3 Å². The van der Waals surface area contributed by atoms with Gasteiger partial charge in [0, 0.05) is 0 Å². The molecule has 164 valence electrons. The van der Waals surface area contributed by atoms with E-state index in [0.29, 0.717) is 0 Å². The number of benzene rings is 1. The Labute approximate surface area is 173 Å². The van der Waals surface area contributed by atoms with E-state index in [0.717, 1.165) is 12.8 Å². The molecule has 1 unspecified atom stereocenters. The van der Waals surface area contributed by atoms with Gasteiger partial charge in [0.25, 0.3) is 10.1 Å². The van der Waals surface area contributed by atoms with Gasteiger partial charge in [0.15, 0.2) is 0 Å². The first-order valence-corrected chi connectivity index (χ1v) is 12.6. The number of unbranched alkanes of at least 4 members (excludes halogenated alkanes) is 11. The predicted molar refractivity (Wildman–Crippen MR) is 112 cm³/mol. The first kappa shape index (κ1) is 27.2. The molecule has 0 radical (unpaired) electrons. The van der Waals surface area contributed by atoms with Gasteiger partial charge in [-0.1, -0.05) is 95.8 Å². The van der Waals surface area contributed by atoms with Crippen LogP contribution >= 0.6 is 0 Å². The van der Waals surface area contributed by atoms with Crippen LogP contribution in [-0.4, -0.2) is 28.3 Å². The summed E-state index contributed by atoms with van der Waals surface area (Å²) in [6, 6.07) is 8.35. The van der Waals surface area contributed by atoms with Gasteiger partial charge in [0.05, 0.1) is 22.9 Å². The summed E-state index contributed by atoms with van der Waals surface area (Å²) in [7, 11) is -3.57. The normalized spacial score (nSPS) is 12.2. The number of rotatable bonds is 15. The third kappa shape index (κ3) is 17.3. The molecule has 0 heterocycles. The summed E-state index contributed by atoms with van der Waals surface area (Å²) in [6.45, 7) is 2.54. The highest BCUT2D eigenvalue weighted by Gasteiger charge is 2.13. The van der Waals surface area contributed by atoms with E-state index >= 15 is 0 Å². The maximum atomic E-state index is 11.9. The van der Waals surface area contributed by atoms with E-state index in [1.807, 2.05) is 0 Å². The summed E-state index contributed by atoms with van der Waals surface area (Å²) in [6.07, 6.45) is 15.1. The first-order valence-electron chi connectivity index (χ1n) is 10.1. The Balaban J connectivity index is 0.00000165. The molecule has 1 aromatic rings. The molecule has 6 nitrogen and oxygen atoms in total. The lowest BCUT2D eigenvalue weighted by Gasteiger charge is -2.05. The van der Waals surface area contributed by atoms with Gasteiger partial charge < -0.3 is 9.11 Å². The summed E-state index contributed by atoms with van der Waals surface area (Å²) in [5.74, 6) is 0. The molecule has 1 rings (SSSR count). The average molecular weight is 436 g/mol. The lowest BCUT2D eigenvalue weighted by Crippen LogP contribution is -2.07. The van der Waals surface area contributed by atoms with Crippen molar-refractivity contribution in [2.24, 2.45) is 0 Å². The Morgan fingerprint density at radius 1 is 0.857 bits per heavy atom. The highest BCUT2D eigenvalue weighted by atomic mass is 32.2. The van der Waals surface area contributed by atoms with Crippen LogP contribution in [0.5, 0.6) is 0 Å². The molecule has 0 aliphatic carbocycles. The van der Waals surface area contributed by atoms with Crippen LogP contribution in [0.4, 0.5) is 0 Å². The highest BCUT2D eigenvalue weighted by Crippen LogP contribution is 2.14. The molecule has 0 amide bonds. The summed E-state index contributed by atoms with van der Waals surface area (Å²) >= 11 is -2.86. The van der Waals surface area contributed by atoms with Crippen molar-refractivity contribution in [1.82, 2.24) is 0 Å². The zero-order chi connectivity index (χ0) is 21.1. The second-order valence-electron chi connectivity index (χ2n) is 6.70. The van der Waals surface area contributed by atoms with Crippen LogP contribution in [0.3, 0.4) is 0 Å². The van der Waals surface area contributed by atoms with E-state index < -0.39 is 21.5 Å². The molecule has 1 atom stereocenters. The second kappa shape index (κ2) is 18.2. The van der Waals surface area contributed by atoms with Gasteiger partial charge in [-0.3, -0.25) is 4.18 Å². The molecule has 28 heavy (non-hydrogen) atoms. The largest absolute Gasteiger partial charge is 0.750 e. The van der Waals surface area contributed by atoms with Gasteiger partial charge in [-0.25, -0.2) is 4.21 Å². The van der Waals surface area contributed by atoms with E-state index in [1.165, 1.54) is 64.2 Å². The van der Waals surface area contributed by atoms with Crippen molar-refractivity contribution in [1.29, 1.82) is 0 Å². The molecule has 0 aliphatic rings. The summed E-state index contributed by atoms with van der Waals surface area (Å²) in [5, 5.41) is 0. The maximum Gasteiger partial charge on any atom is 0.296 e. The van der Waals surface area contributed by atoms with Gasteiger partial charge in [-0.05, 0) is 18.6 Å². The van der Waals surface area contributed by atoms with Crippen molar-refractivity contribution in [3.63, 3.8) is 0 Å². The lowest BCUT2D eigenvalue weighted by molar-refractivity contribution is 0.306. The molecule has 0 aromatic heterocycles. The molecule has 1 N–H and O–H groups in total. The molecule has 0 bridgehead atoms. The summed E-state index contributed by atoms with van der Waals surface area (Å²) in [5.41, 5.74) is 0. The van der Waals surface area contributed by atoms with Gasteiger partial charge in [0.2, 0.25) is 0 Å². The Morgan fingerprint density at radius 3 is 1.68 bits per heavy atom. The number of hydrogen-bond acceptors (Lipinski definition) is 5. The maximum absolute atomic E-state index is 11.9. The molecule has 8 heteroatoms. The highest BCUT2D eigenvalue weighted by molar-refractivity contribution is 7.86. The van der Waals surface area contributed by atoms with E-state index in [-0.39, 0.29) is 11.5 Å². The fourth-order valence-electron chi connectivity index (χ4n) is 2.77. The molecular formula is C20H35O6S2-. The fourth-order valence-corrected chi connectivity index (χ4v) is 3.73. The Bertz CT molecular complexity index is 586. The third-order valence-corrected chi connectivity index (χ3v) is 5.59. The van der Waals surface area contributed by atoms with Crippen LogP contribution in [0.15, 0.2) is 35.2 Å². The molecular weight excluding hydrogens is 400 g/mol. The zero-order valence-electron chi connectivity index (χ0n) is 16.9. The van der Waals surface area contributed by atoms with E-state index in [9.17, 15) is 8.42 Å². The van der Waals surface area contributed by atoms with Gasteiger partial charge >= 0.3 is 0 Å². The minimum absolute atomic E-state index is 0.240. The van der Waals surface area contributed by atoms with Crippen molar-refractivity contribution >= 4 is 21.5 Å². The van der Waals surface area contributed by atoms with Crippen LogP contribution in [0.1, 0.15) is 84.0 Å². The topological polar surface area (TPSA) is 104 Å². The Hall–Kier alpha value is -0.800. The van der Waals surface area contributed by atoms with Crippen LogP contribution < -0.4 is 0 Å². The van der Waals surface area contributed by atoms with Crippen molar-refractivity contribution in [2.75, 3.05) is 6.61 Å². The average Bonchev–Trinajstić information content (AvgIpc) is 2.66. The van der Waals surface area contributed by atoms with Crippen LogP contribution in [0.25, 0.3) is 0 Å². The summed E-state index contributed by atoms with van der Waals surface area (Å²) in [4.78, 5) is 0.240. The Kier molecular flexibility index (Phi) is 17.7. The first-order chi connectivity index (χ1) is 13.4. The van der Waals surface area contributed by atoms with Gasteiger partial charge in [-0.2, -0.15) is 8.42 Å².